The number of rotatable bonds is 0. The molecule has 0 rings (SSSR count). The molecule has 0 heterocycles. The molecule has 0 aromatic carbocycles. The fraction of sp³-hybridized carbons (Fsp3) is 0. The van der Waals surface area contributed by atoms with Crippen molar-refractivity contribution in [2.75, 3.05) is 0 Å². The van der Waals surface area contributed by atoms with Crippen LogP contribution in [0.25, 0.3) is 0 Å². The lowest BCUT2D eigenvalue weighted by Gasteiger charge is -2.19. The van der Waals surface area contributed by atoms with Crippen LogP contribution >= 0.6 is 7.82 Å². The van der Waals surface area contributed by atoms with Gasteiger partial charge < -0.3 is 52.7 Å². The summed E-state index contributed by atoms with van der Waals surface area (Å²) in [6, 6.07) is 0. The van der Waals surface area contributed by atoms with Crippen LogP contribution in [0.4, 0.5) is 0 Å². The smallest absolute Gasteiger partial charge is 0.351 e. The summed E-state index contributed by atoms with van der Waals surface area (Å²) in [4.78, 5) is 42.3. The molecule has 14 heavy (non-hydrogen) atoms. The van der Waals surface area contributed by atoms with Crippen molar-refractivity contribution < 1.29 is 39.0 Å². The van der Waals surface area contributed by atoms with E-state index in [1.54, 1.807) is 0 Å². The van der Waals surface area contributed by atoms with E-state index in [9.17, 15) is 0 Å². The van der Waals surface area contributed by atoms with Crippen molar-refractivity contribution in [2.45, 2.75) is 0 Å². The van der Waals surface area contributed by atoms with E-state index in [1.165, 1.54) is 0 Å². The number of carbonyl (C=O) groups is 2. The Kier molecular flexibility index (Phi) is 24.9. The summed E-state index contributed by atoms with van der Waals surface area (Å²) >= 11 is 0. The van der Waals surface area contributed by atoms with Crippen LogP contribution in [0, 0.1) is 0 Å². The first kappa shape index (κ1) is 29.3. The second-order valence-electron chi connectivity index (χ2n) is 1.06. The Hall–Kier alpha value is -1.07. The highest BCUT2D eigenvalue weighted by Crippen LogP contribution is 2.11. The highest BCUT2D eigenvalue weighted by atomic mass is 31.2. The van der Waals surface area contributed by atoms with Gasteiger partial charge in [0.15, 0.2) is 5.97 Å². The second-order valence-corrected chi connectivity index (χ2v) is 2.00. The Morgan fingerprint density at radius 3 is 1.14 bits per heavy atom. The fourth-order valence-electron chi connectivity index (χ4n) is 0. The molecule has 0 aromatic heterocycles. The van der Waals surface area contributed by atoms with Gasteiger partial charge in [0.1, 0.15) is 0 Å². The molecule has 0 unspecified atom stereocenters. The molecule has 0 saturated heterocycles. The topological polar surface area (TPSA) is 270 Å². The molecule has 0 bridgehead atoms. The van der Waals surface area contributed by atoms with E-state index < -0.39 is 19.8 Å². The van der Waals surface area contributed by atoms with Crippen LogP contribution in [0.5, 0.6) is 0 Å². The van der Waals surface area contributed by atoms with Gasteiger partial charge in [0.05, 0.1) is 7.82 Å². The van der Waals surface area contributed by atoms with Gasteiger partial charge in [-0.2, -0.15) is 0 Å². The van der Waals surface area contributed by atoms with Crippen LogP contribution in [0.15, 0.2) is 0 Å². The molecule has 0 atom stereocenters. The number of phosphoric acid groups is 1. The van der Waals surface area contributed by atoms with E-state index in [-0.39, 0.29) is 18.5 Å². The molecular weight excluding hydrogens is 225 g/mol. The van der Waals surface area contributed by atoms with E-state index >= 15 is 0 Å². The lowest BCUT2D eigenvalue weighted by molar-refractivity contribution is -0.337. The van der Waals surface area contributed by atoms with Crippen molar-refractivity contribution in [3.63, 3.8) is 0 Å². The summed E-state index contributed by atoms with van der Waals surface area (Å²) < 4.78 is 8.66. The number of quaternary nitrogens is 3. The first-order valence-electron chi connectivity index (χ1n) is 1.83. The van der Waals surface area contributed by atoms with Gasteiger partial charge in [-0.15, -0.1) is 0 Å². The second kappa shape index (κ2) is 11.9. The maximum Gasteiger partial charge on any atom is 0.351 e. The van der Waals surface area contributed by atoms with Crippen LogP contribution in [0.1, 0.15) is 0 Å². The summed E-state index contributed by atoms with van der Waals surface area (Å²) in [5, 5.41) is 16.3. The summed E-state index contributed by atoms with van der Waals surface area (Å²) in [5.41, 5.74) is 0. The minimum absolute atomic E-state index is 0. The average molecular weight is 239 g/mol. The van der Waals surface area contributed by atoms with Gasteiger partial charge in [-0.05, 0) is 0 Å². The molecule has 0 aliphatic heterocycles. The minimum Gasteiger partial charge on any atom is -0.790 e. The van der Waals surface area contributed by atoms with Crippen LogP contribution < -0.4 is 33.3 Å². The van der Waals surface area contributed by atoms with Crippen LogP contribution in [0.3, 0.4) is 0 Å². The highest BCUT2D eigenvalue weighted by Gasteiger charge is 1.90. The normalized spacial score (nSPS) is 7.36. The minimum atomic E-state index is -5.14. The maximum atomic E-state index is 9.04. The van der Waals surface area contributed by atoms with Gasteiger partial charge >= 0.3 is 5.97 Å². The van der Waals surface area contributed by atoms with Crippen molar-refractivity contribution >= 4 is 19.8 Å². The summed E-state index contributed by atoms with van der Waals surface area (Å²) in [7, 11) is -5.14. The Balaban J connectivity index is -0.0000000321. The lowest BCUT2D eigenvalue weighted by atomic mass is 10.7. The molecule has 0 spiro atoms. The van der Waals surface area contributed by atoms with E-state index in [4.69, 9.17) is 39.0 Å². The molecule has 0 aliphatic rings. The number of aliphatic carboxylic acids is 2. The Morgan fingerprint density at radius 1 is 1.07 bits per heavy atom. The third kappa shape index (κ3) is 126. The fourth-order valence-corrected chi connectivity index (χ4v) is 0. The first-order chi connectivity index (χ1) is 4.64. The van der Waals surface area contributed by atoms with Gasteiger partial charge in [0.25, 0.3) is 0 Å². The van der Waals surface area contributed by atoms with Crippen molar-refractivity contribution in [1.82, 2.24) is 18.5 Å². The standard InChI is InChI=1S/C2H2O4.3H3N.H3O4P/c3-1(4)2(5)6;;;;1-5(2,3)4/h(H,3,4)(H,5,6);3*1H3;(H3,1,2,3,4). The number of carboxylic acid groups (broad SMARTS) is 2. The lowest BCUT2D eigenvalue weighted by Crippen LogP contribution is -2.30. The van der Waals surface area contributed by atoms with Gasteiger partial charge in [-0.1, -0.05) is 0 Å². The predicted molar refractivity (Wildman–Crippen MR) is 40.4 cm³/mol. The van der Waals surface area contributed by atoms with Crippen molar-refractivity contribution in [3.8, 4) is 0 Å². The van der Waals surface area contributed by atoms with E-state index in [0.29, 0.717) is 0 Å². The van der Waals surface area contributed by atoms with Crippen molar-refractivity contribution in [3.05, 3.63) is 0 Å². The summed E-state index contributed by atoms with van der Waals surface area (Å²) in [5.74, 6) is -4.01. The number of carbonyl (C=O) groups excluding carboxylic acids is 1. The van der Waals surface area contributed by atoms with Crippen molar-refractivity contribution in [2.24, 2.45) is 0 Å². The molecule has 11 nitrogen and oxygen atoms in total. The van der Waals surface area contributed by atoms with Crippen LogP contribution in [-0.4, -0.2) is 21.9 Å². The van der Waals surface area contributed by atoms with Gasteiger partial charge in [0, 0.05) is 0 Å². The zero-order chi connectivity index (χ0) is 9.65. The number of hydrogen-bond donors (Lipinski definition) is 5. The van der Waals surface area contributed by atoms with E-state index in [0.717, 1.165) is 0 Å². The van der Waals surface area contributed by atoms with Crippen LogP contribution in [-0.2, 0) is 14.2 Å². The SMILES string of the molecule is O=C([O-])C(=O)O.O=P([O-])([O-])O.[NH4+].[NH4+].[NH4+]. The van der Waals surface area contributed by atoms with Gasteiger partial charge in [-0.25, -0.2) is 4.79 Å². The number of carboxylic acids is 2. The molecule has 0 saturated carbocycles. The molecular formula is C2H14N3O8P. The zero-order valence-corrected chi connectivity index (χ0v) is 8.69. The Bertz CT molecular complexity index is 178. The van der Waals surface area contributed by atoms with Crippen molar-refractivity contribution in [1.29, 1.82) is 0 Å². The van der Waals surface area contributed by atoms with E-state index in [1.807, 2.05) is 0 Å². The summed E-state index contributed by atoms with van der Waals surface area (Å²) in [6.45, 7) is 0. The Morgan fingerprint density at radius 2 is 1.14 bits per heavy atom. The molecule has 0 amide bonds. The van der Waals surface area contributed by atoms with Gasteiger partial charge in [0.2, 0.25) is 0 Å². The molecule has 0 radical (unpaired) electrons. The third-order valence-electron chi connectivity index (χ3n) is 0.175. The largest absolute Gasteiger partial charge is 0.790 e. The molecule has 0 aliphatic carbocycles. The third-order valence-corrected chi connectivity index (χ3v) is 0.175. The molecule has 90 valence electrons. The zero-order valence-electron chi connectivity index (χ0n) is 7.79. The predicted octanol–water partition coefficient (Wildman–Crippen LogP) is -3.24. The molecule has 0 fully saturated rings. The van der Waals surface area contributed by atoms with E-state index in [2.05, 4.69) is 0 Å². The number of hydrogen-bond acceptors (Lipinski definition) is 6. The maximum absolute atomic E-state index is 9.04. The Labute approximate surface area is 78.4 Å². The highest BCUT2D eigenvalue weighted by molar-refractivity contribution is 7.42. The average Bonchev–Trinajstić information content (AvgIpc) is 1.59. The molecule has 14 N–H and O–H groups in total. The monoisotopic (exact) mass is 239 g/mol. The molecule has 12 heteroatoms. The molecule has 0 aromatic rings. The van der Waals surface area contributed by atoms with Crippen LogP contribution in [0.2, 0.25) is 0 Å². The van der Waals surface area contributed by atoms with Gasteiger partial charge in [-0.3, -0.25) is 0 Å². The first-order valence-corrected chi connectivity index (χ1v) is 3.33. The summed E-state index contributed by atoms with van der Waals surface area (Å²) in [6.07, 6.45) is 0. The quantitative estimate of drug-likeness (QED) is 0.211.